The molecule has 0 aliphatic carbocycles. The fourth-order valence-corrected chi connectivity index (χ4v) is 2.10. The van der Waals surface area contributed by atoms with Crippen LogP contribution in [0.4, 0.5) is 0 Å². The van der Waals surface area contributed by atoms with E-state index in [1.165, 1.54) is 70.3 Å². The normalized spacial score (nSPS) is 12.3. The molecule has 1 heteroatoms. The number of unbranched alkanes of at least 4 members (excludes halogenated alkanes) is 10. The number of hydrogen-bond donors (Lipinski definition) is 0. The summed E-state index contributed by atoms with van der Waals surface area (Å²) in [5.74, 6) is 0. The molecule has 0 spiro atoms. The van der Waals surface area contributed by atoms with Crippen molar-refractivity contribution in [3.8, 4) is 0 Å². The van der Waals surface area contributed by atoms with E-state index < -0.39 is 0 Å². The van der Waals surface area contributed by atoms with Crippen LogP contribution < -0.4 is 0 Å². The minimum atomic E-state index is 0.798. The maximum Gasteiger partial charge on any atom is 0.142 e. The van der Waals surface area contributed by atoms with Crippen LogP contribution in [-0.2, 0) is 5.11 Å². The highest BCUT2D eigenvalue weighted by molar-refractivity contribution is 5.09. The molecular formula is C18H31O. The van der Waals surface area contributed by atoms with Crippen molar-refractivity contribution in [1.82, 2.24) is 0 Å². The Kier molecular flexibility index (Phi) is 16.1. The van der Waals surface area contributed by atoms with Gasteiger partial charge in [0.1, 0.15) is 6.26 Å². The van der Waals surface area contributed by atoms with E-state index in [2.05, 4.69) is 13.0 Å². The molecule has 0 unspecified atom stereocenters. The number of allylic oxidation sites excluding steroid dienone is 5. The lowest BCUT2D eigenvalue weighted by Gasteiger charge is -2.01. The molecule has 0 N–H and O–H groups in total. The highest BCUT2D eigenvalue weighted by Crippen LogP contribution is 2.11. The fourth-order valence-electron chi connectivity index (χ4n) is 2.10. The van der Waals surface area contributed by atoms with E-state index in [0.29, 0.717) is 0 Å². The highest BCUT2D eigenvalue weighted by atomic mass is 16.2. The van der Waals surface area contributed by atoms with Crippen LogP contribution in [0.1, 0.15) is 77.6 Å². The molecule has 0 aliphatic rings. The molecule has 0 aromatic carbocycles. The average Bonchev–Trinajstić information content (AvgIpc) is 2.43. The largest absolute Gasteiger partial charge is 0.299 e. The SMILES string of the molecule is CCCCCCCCCCCC/C=C/C=C/C=C/[O]. The standard InChI is InChI=1S/C18H31O/c1-2-3-4-5-6-7-8-9-10-11-12-13-14-15-16-17-18-19/h13-18H,2-12H2,1H3/b14-13+,16-15+,18-17+. The molecule has 0 saturated heterocycles. The Morgan fingerprint density at radius 2 is 1.16 bits per heavy atom. The zero-order valence-corrected chi connectivity index (χ0v) is 12.7. The minimum absolute atomic E-state index is 0.798. The van der Waals surface area contributed by atoms with Gasteiger partial charge in [-0.1, -0.05) is 89.0 Å². The van der Waals surface area contributed by atoms with Gasteiger partial charge in [0, 0.05) is 0 Å². The molecule has 19 heavy (non-hydrogen) atoms. The van der Waals surface area contributed by atoms with Crippen molar-refractivity contribution in [2.75, 3.05) is 0 Å². The lowest BCUT2D eigenvalue weighted by Crippen LogP contribution is -1.81. The third-order valence-electron chi connectivity index (χ3n) is 3.27. The van der Waals surface area contributed by atoms with Crippen LogP contribution in [0, 0.1) is 0 Å². The van der Waals surface area contributed by atoms with E-state index in [-0.39, 0.29) is 0 Å². The molecule has 1 radical (unpaired) electrons. The first-order chi connectivity index (χ1) is 9.41. The molecule has 0 aromatic heterocycles. The van der Waals surface area contributed by atoms with E-state index in [0.717, 1.165) is 12.7 Å². The van der Waals surface area contributed by atoms with Gasteiger partial charge >= 0.3 is 0 Å². The van der Waals surface area contributed by atoms with Gasteiger partial charge in [0.05, 0.1) is 0 Å². The van der Waals surface area contributed by atoms with Gasteiger partial charge in [-0.3, -0.25) is 5.11 Å². The van der Waals surface area contributed by atoms with Crippen molar-refractivity contribution in [1.29, 1.82) is 0 Å². The zero-order valence-electron chi connectivity index (χ0n) is 12.7. The Hall–Kier alpha value is -0.980. The molecule has 0 aliphatic heterocycles. The molecule has 0 aromatic rings. The van der Waals surface area contributed by atoms with Crippen molar-refractivity contribution in [3.05, 3.63) is 36.6 Å². The summed E-state index contributed by atoms with van der Waals surface area (Å²) in [7, 11) is 0. The average molecular weight is 263 g/mol. The van der Waals surface area contributed by atoms with Gasteiger partial charge in [-0.15, -0.1) is 0 Å². The first kappa shape index (κ1) is 18.0. The van der Waals surface area contributed by atoms with Gasteiger partial charge in [0.15, 0.2) is 0 Å². The van der Waals surface area contributed by atoms with Crippen LogP contribution in [0.15, 0.2) is 36.6 Å². The van der Waals surface area contributed by atoms with Gasteiger partial charge in [-0.25, -0.2) is 0 Å². The summed E-state index contributed by atoms with van der Waals surface area (Å²) in [5, 5.41) is 10.0. The van der Waals surface area contributed by atoms with E-state index >= 15 is 0 Å². The number of hydrogen-bond acceptors (Lipinski definition) is 0. The first-order valence-electron chi connectivity index (χ1n) is 8.02. The lowest BCUT2D eigenvalue weighted by molar-refractivity contribution is 0.352. The zero-order chi connectivity index (χ0) is 14.0. The quantitative estimate of drug-likeness (QED) is 0.209. The van der Waals surface area contributed by atoms with Gasteiger partial charge in [-0.2, -0.15) is 0 Å². The van der Waals surface area contributed by atoms with Crippen LogP contribution in [-0.4, -0.2) is 0 Å². The minimum Gasteiger partial charge on any atom is -0.299 e. The topological polar surface area (TPSA) is 19.9 Å². The third kappa shape index (κ3) is 17.0. The summed E-state index contributed by atoms with van der Waals surface area (Å²) in [6, 6.07) is 0. The molecule has 0 fully saturated rings. The van der Waals surface area contributed by atoms with Crippen LogP contribution in [0.3, 0.4) is 0 Å². The Balaban J connectivity index is 3.10. The lowest BCUT2D eigenvalue weighted by atomic mass is 10.1. The summed E-state index contributed by atoms with van der Waals surface area (Å²) < 4.78 is 0. The first-order valence-corrected chi connectivity index (χ1v) is 8.02. The van der Waals surface area contributed by atoms with Crippen molar-refractivity contribution in [2.45, 2.75) is 77.6 Å². The van der Waals surface area contributed by atoms with Crippen LogP contribution in [0.2, 0.25) is 0 Å². The van der Waals surface area contributed by atoms with Crippen molar-refractivity contribution >= 4 is 0 Å². The summed E-state index contributed by atoms with van der Waals surface area (Å²) >= 11 is 0. The molecule has 0 saturated carbocycles. The van der Waals surface area contributed by atoms with Gasteiger partial charge in [0.2, 0.25) is 0 Å². The highest BCUT2D eigenvalue weighted by Gasteiger charge is 1.91. The molecule has 0 amide bonds. The third-order valence-corrected chi connectivity index (χ3v) is 3.27. The monoisotopic (exact) mass is 263 g/mol. The van der Waals surface area contributed by atoms with Crippen molar-refractivity contribution in [2.24, 2.45) is 0 Å². The second kappa shape index (κ2) is 17.0. The predicted molar refractivity (Wildman–Crippen MR) is 84.6 cm³/mol. The molecule has 0 rings (SSSR count). The molecule has 109 valence electrons. The maximum atomic E-state index is 10.0. The Morgan fingerprint density at radius 1 is 0.632 bits per heavy atom. The van der Waals surface area contributed by atoms with Gasteiger partial charge in [0.25, 0.3) is 0 Å². The molecule has 0 atom stereocenters. The second-order valence-corrected chi connectivity index (χ2v) is 5.11. The summed E-state index contributed by atoms with van der Waals surface area (Å²) in [4.78, 5) is 0. The Bertz CT molecular complexity index is 238. The Morgan fingerprint density at radius 3 is 1.74 bits per heavy atom. The molecule has 0 heterocycles. The number of rotatable bonds is 13. The fraction of sp³-hybridized carbons (Fsp3) is 0.667. The summed E-state index contributed by atoms with van der Waals surface area (Å²) in [5.41, 5.74) is 0. The smallest absolute Gasteiger partial charge is 0.142 e. The van der Waals surface area contributed by atoms with E-state index in [1.54, 1.807) is 6.08 Å². The predicted octanol–water partition coefficient (Wildman–Crippen LogP) is 6.35. The van der Waals surface area contributed by atoms with Crippen LogP contribution >= 0.6 is 0 Å². The Labute approximate surface area is 120 Å². The van der Waals surface area contributed by atoms with Crippen molar-refractivity contribution < 1.29 is 5.11 Å². The van der Waals surface area contributed by atoms with Gasteiger partial charge in [-0.05, 0) is 18.9 Å². The molecular weight excluding hydrogens is 232 g/mol. The summed E-state index contributed by atoms with van der Waals surface area (Å²) in [6.07, 6.45) is 25.2. The van der Waals surface area contributed by atoms with E-state index in [1.807, 2.05) is 12.2 Å². The van der Waals surface area contributed by atoms with E-state index in [9.17, 15) is 5.11 Å². The van der Waals surface area contributed by atoms with E-state index in [4.69, 9.17) is 0 Å². The van der Waals surface area contributed by atoms with Gasteiger partial charge < -0.3 is 0 Å². The maximum absolute atomic E-state index is 10.0. The van der Waals surface area contributed by atoms with Crippen molar-refractivity contribution in [3.63, 3.8) is 0 Å². The molecule has 0 bridgehead atoms. The summed E-state index contributed by atoms with van der Waals surface area (Å²) in [6.45, 7) is 2.27. The second-order valence-electron chi connectivity index (χ2n) is 5.11. The van der Waals surface area contributed by atoms with Crippen LogP contribution in [0.25, 0.3) is 0 Å². The molecule has 1 nitrogen and oxygen atoms in total. The van der Waals surface area contributed by atoms with Crippen LogP contribution in [0.5, 0.6) is 0 Å².